The van der Waals surface area contributed by atoms with Crippen molar-refractivity contribution in [3.63, 3.8) is 0 Å². The summed E-state index contributed by atoms with van der Waals surface area (Å²) in [6, 6.07) is 5.41. The zero-order valence-corrected chi connectivity index (χ0v) is 13.8. The normalized spacial score (nSPS) is 11.4. The second-order valence-corrected chi connectivity index (χ2v) is 5.67. The Kier molecular flexibility index (Phi) is 4.17. The Labute approximate surface area is 138 Å². The van der Waals surface area contributed by atoms with Crippen molar-refractivity contribution in [3.8, 4) is 17.3 Å². The van der Waals surface area contributed by atoms with E-state index in [-0.39, 0.29) is 16.8 Å². The molecule has 0 N–H and O–H groups in total. The van der Waals surface area contributed by atoms with Crippen LogP contribution in [-0.2, 0) is 0 Å². The van der Waals surface area contributed by atoms with Crippen LogP contribution in [0.15, 0.2) is 24.4 Å². The van der Waals surface area contributed by atoms with Gasteiger partial charge < -0.3 is 4.74 Å². The maximum Gasteiger partial charge on any atom is 0.297 e. The molecule has 3 aromatic rings. The molecule has 0 saturated carbocycles. The van der Waals surface area contributed by atoms with Gasteiger partial charge in [-0.2, -0.15) is 4.98 Å². The first-order valence-corrected chi connectivity index (χ1v) is 7.72. The van der Waals surface area contributed by atoms with E-state index in [0.717, 1.165) is 0 Å². The number of imidazole rings is 1. The number of aromatic nitrogens is 4. The first kappa shape index (κ1) is 15.7. The highest BCUT2D eigenvalue weighted by atomic mass is 35.5. The van der Waals surface area contributed by atoms with Crippen molar-refractivity contribution in [3.05, 3.63) is 35.5 Å². The zero-order chi connectivity index (χ0) is 16.6. The van der Waals surface area contributed by atoms with Crippen LogP contribution >= 0.6 is 11.6 Å². The lowest BCUT2D eigenvalue weighted by Crippen LogP contribution is -2.05. The fourth-order valence-electron chi connectivity index (χ4n) is 2.50. The third-order valence-corrected chi connectivity index (χ3v) is 3.61. The number of rotatable bonds is 4. The molecular weight excluding hydrogens is 319 g/mol. The predicted molar refractivity (Wildman–Crippen MR) is 87.3 cm³/mol. The highest BCUT2D eigenvalue weighted by molar-refractivity contribution is 6.28. The Bertz CT molecular complexity index is 863. The van der Waals surface area contributed by atoms with Gasteiger partial charge in [-0.3, -0.25) is 4.57 Å². The second kappa shape index (κ2) is 6.12. The topological polar surface area (TPSA) is 52.8 Å². The van der Waals surface area contributed by atoms with Crippen molar-refractivity contribution in [2.45, 2.75) is 26.8 Å². The molecular formula is C16H16ClFN4O. The van der Waals surface area contributed by atoms with Crippen LogP contribution in [0.5, 0.6) is 6.01 Å². The minimum Gasteiger partial charge on any atom is -0.465 e. The van der Waals surface area contributed by atoms with Crippen molar-refractivity contribution < 1.29 is 9.13 Å². The Morgan fingerprint density at radius 1 is 1.30 bits per heavy atom. The lowest BCUT2D eigenvalue weighted by molar-refractivity contribution is 0.292. The summed E-state index contributed by atoms with van der Waals surface area (Å²) in [5.41, 5.74) is 2.11. The molecule has 2 heterocycles. The molecule has 2 aromatic heterocycles. The highest BCUT2D eigenvalue weighted by Gasteiger charge is 2.19. The maximum absolute atomic E-state index is 14.5. The molecule has 120 valence electrons. The summed E-state index contributed by atoms with van der Waals surface area (Å²) < 4.78 is 21.9. The number of nitrogens with zero attached hydrogens (tertiary/aromatic N) is 4. The van der Waals surface area contributed by atoms with Gasteiger partial charge >= 0.3 is 0 Å². The largest absolute Gasteiger partial charge is 0.465 e. The average Bonchev–Trinajstić information content (AvgIpc) is 2.86. The first-order valence-electron chi connectivity index (χ1n) is 7.34. The molecule has 0 unspecified atom stereocenters. The fraction of sp³-hybridized carbons (Fsp3) is 0.312. The van der Waals surface area contributed by atoms with Gasteiger partial charge in [0.25, 0.3) is 6.01 Å². The Morgan fingerprint density at radius 2 is 2.09 bits per heavy atom. The van der Waals surface area contributed by atoms with E-state index in [1.165, 1.54) is 12.3 Å². The van der Waals surface area contributed by atoms with E-state index in [1.807, 2.05) is 31.4 Å². The van der Waals surface area contributed by atoms with Crippen LogP contribution in [0.25, 0.3) is 22.3 Å². The summed E-state index contributed by atoms with van der Waals surface area (Å²) in [6.45, 7) is 6.33. The van der Waals surface area contributed by atoms with Gasteiger partial charge in [0.05, 0.1) is 17.8 Å². The average molecular weight is 335 g/mol. The monoisotopic (exact) mass is 334 g/mol. The molecule has 3 rings (SSSR count). The Morgan fingerprint density at radius 3 is 2.74 bits per heavy atom. The molecule has 0 fully saturated rings. The van der Waals surface area contributed by atoms with E-state index in [9.17, 15) is 4.39 Å². The van der Waals surface area contributed by atoms with E-state index in [4.69, 9.17) is 16.3 Å². The zero-order valence-electron chi connectivity index (χ0n) is 13.0. The van der Waals surface area contributed by atoms with Gasteiger partial charge in [-0.15, -0.1) is 0 Å². The van der Waals surface area contributed by atoms with Gasteiger partial charge in [0, 0.05) is 17.8 Å². The third kappa shape index (κ3) is 2.86. The first-order chi connectivity index (χ1) is 11.0. The van der Waals surface area contributed by atoms with E-state index < -0.39 is 5.82 Å². The van der Waals surface area contributed by atoms with Crippen LogP contribution in [0.3, 0.4) is 0 Å². The summed E-state index contributed by atoms with van der Waals surface area (Å²) in [5, 5.41) is 0.121. The smallest absolute Gasteiger partial charge is 0.297 e. The van der Waals surface area contributed by atoms with Crippen LogP contribution in [0, 0.1) is 5.82 Å². The summed E-state index contributed by atoms with van der Waals surface area (Å²) in [5.74, 6) is -0.424. The molecule has 0 saturated heterocycles. The van der Waals surface area contributed by atoms with Crippen LogP contribution in [0.2, 0.25) is 5.28 Å². The molecule has 0 aliphatic heterocycles. The maximum atomic E-state index is 14.5. The van der Waals surface area contributed by atoms with Gasteiger partial charge in [-0.1, -0.05) is 0 Å². The third-order valence-electron chi connectivity index (χ3n) is 3.43. The molecule has 0 radical (unpaired) electrons. The van der Waals surface area contributed by atoms with E-state index in [2.05, 4.69) is 15.0 Å². The Hall–Kier alpha value is -2.21. The molecule has 7 heteroatoms. The Balaban J connectivity index is 2.26. The van der Waals surface area contributed by atoms with E-state index in [1.54, 1.807) is 6.07 Å². The molecule has 0 atom stereocenters. The van der Waals surface area contributed by atoms with Crippen LogP contribution in [-0.4, -0.2) is 26.1 Å². The number of fused-ring (bicyclic) bond motifs is 1. The van der Waals surface area contributed by atoms with Crippen molar-refractivity contribution in [1.82, 2.24) is 19.5 Å². The van der Waals surface area contributed by atoms with E-state index >= 15 is 0 Å². The lowest BCUT2D eigenvalue weighted by Gasteiger charge is -2.12. The van der Waals surface area contributed by atoms with Crippen LogP contribution < -0.4 is 4.74 Å². The standard InChI is InChI=1S/C16H16ClFN4O/c1-4-23-16-21-14-11(18)7-10(8-13(14)22(16)9(2)3)12-5-6-19-15(17)20-12/h5-9H,4H2,1-3H3. The van der Waals surface area contributed by atoms with Gasteiger partial charge in [0.15, 0.2) is 5.82 Å². The SMILES string of the molecule is CCOc1nc2c(F)cc(-c3ccnc(Cl)n3)cc2n1C(C)C. The van der Waals surface area contributed by atoms with Crippen LogP contribution in [0.1, 0.15) is 26.8 Å². The van der Waals surface area contributed by atoms with Gasteiger partial charge in [0.2, 0.25) is 5.28 Å². The molecule has 0 bridgehead atoms. The molecule has 23 heavy (non-hydrogen) atoms. The van der Waals surface area contributed by atoms with Crippen molar-refractivity contribution in [2.75, 3.05) is 6.61 Å². The highest BCUT2D eigenvalue weighted by Crippen LogP contribution is 2.31. The van der Waals surface area contributed by atoms with Crippen molar-refractivity contribution in [1.29, 1.82) is 0 Å². The number of hydrogen-bond donors (Lipinski definition) is 0. The number of hydrogen-bond acceptors (Lipinski definition) is 4. The van der Waals surface area contributed by atoms with E-state index in [0.29, 0.717) is 29.4 Å². The molecule has 0 spiro atoms. The summed E-state index contributed by atoms with van der Waals surface area (Å²) >= 11 is 5.83. The van der Waals surface area contributed by atoms with Crippen molar-refractivity contribution >= 4 is 22.6 Å². The minimum atomic E-state index is -0.424. The minimum absolute atomic E-state index is 0.0742. The van der Waals surface area contributed by atoms with Gasteiger partial charge in [-0.05, 0) is 50.6 Å². The number of halogens is 2. The quantitative estimate of drug-likeness (QED) is 0.669. The number of benzene rings is 1. The van der Waals surface area contributed by atoms with Crippen molar-refractivity contribution in [2.24, 2.45) is 0 Å². The second-order valence-electron chi connectivity index (χ2n) is 5.33. The number of ether oxygens (including phenoxy) is 1. The molecule has 5 nitrogen and oxygen atoms in total. The lowest BCUT2D eigenvalue weighted by atomic mass is 10.1. The summed E-state index contributed by atoms with van der Waals surface area (Å²) in [4.78, 5) is 12.3. The predicted octanol–water partition coefficient (Wildman–Crippen LogP) is 4.27. The molecule has 1 aromatic carbocycles. The molecule has 0 amide bonds. The fourth-order valence-corrected chi connectivity index (χ4v) is 2.65. The molecule has 0 aliphatic rings. The van der Waals surface area contributed by atoms with Crippen LogP contribution in [0.4, 0.5) is 4.39 Å². The summed E-state index contributed by atoms with van der Waals surface area (Å²) in [6.07, 6.45) is 1.54. The molecule has 0 aliphatic carbocycles. The van der Waals surface area contributed by atoms with Gasteiger partial charge in [-0.25, -0.2) is 14.4 Å². The van der Waals surface area contributed by atoms with Gasteiger partial charge in [0.1, 0.15) is 5.52 Å². The summed E-state index contributed by atoms with van der Waals surface area (Å²) in [7, 11) is 0.